The highest BCUT2D eigenvalue weighted by atomic mass is 16.6. The van der Waals surface area contributed by atoms with E-state index in [0.717, 1.165) is 16.8 Å². The molecule has 0 saturated carbocycles. The number of carbonyl (C=O) groups is 4. The summed E-state index contributed by atoms with van der Waals surface area (Å²) in [6.45, 7) is 13.2. The van der Waals surface area contributed by atoms with Gasteiger partial charge in [0.2, 0.25) is 5.91 Å². The van der Waals surface area contributed by atoms with Crippen LogP contribution in [0.25, 0.3) is 11.3 Å². The van der Waals surface area contributed by atoms with E-state index in [1.807, 2.05) is 43.3 Å². The van der Waals surface area contributed by atoms with Crippen molar-refractivity contribution in [3.8, 4) is 11.3 Å². The van der Waals surface area contributed by atoms with Crippen molar-refractivity contribution >= 4 is 36.4 Å². The van der Waals surface area contributed by atoms with Crippen molar-refractivity contribution in [2.45, 2.75) is 65.3 Å². The van der Waals surface area contributed by atoms with Crippen molar-refractivity contribution in [3.63, 3.8) is 0 Å². The molecule has 54 heavy (non-hydrogen) atoms. The number of ether oxygens (including phenoxy) is 3. The number of alkyl carbamates (subject to hydrolysis) is 1. The molecule has 5 N–H and O–H groups in total. The molecular formula is C39H48N8O7. The highest BCUT2D eigenvalue weighted by Crippen LogP contribution is 2.21. The van der Waals surface area contributed by atoms with Crippen molar-refractivity contribution in [1.29, 1.82) is 0 Å². The Morgan fingerprint density at radius 3 is 2.41 bits per heavy atom. The maximum atomic E-state index is 13.4. The minimum atomic E-state index is -1.06. The number of nitrogens with zero attached hydrogens (tertiary/aromatic N) is 4. The van der Waals surface area contributed by atoms with E-state index in [9.17, 15) is 19.2 Å². The molecule has 286 valence electrons. The summed E-state index contributed by atoms with van der Waals surface area (Å²) in [4.78, 5) is 66.4. The maximum Gasteiger partial charge on any atom is 0.408 e. The Balaban J connectivity index is 1.39. The van der Waals surface area contributed by atoms with Gasteiger partial charge < -0.3 is 40.8 Å². The predicted octanol–water partition coefficient (Wildman–Crippen LogP) is 4.27. The number of allylic oxidation sites excluding steroid dienone is 1. The number of hydrogen-bond donors (Lipinski definition) is 4. The van der Waals surface area contributed by atoms with Crippen LogP contribution in [0.2, 0.25) is 0 Å². The average Bonchev–Trinajstić information content (AvgIpc) is 3.15. The largest absolute Gasteiger partial charge is 0.461 e. The molecule has 1 saturated heterocycles. The molecule has 1 fully saturated rings. The molecule has 1 aliphatic rings. The number of rotatable bonds is 15. The van der Waals surface area contributed by atoms with Crippen LogP contribution >= 0.6 is 0 Å². The third-order valence-electron chi connectivity index (χ3n) is 7.99. The summed E-state index contributed by atoms with van der Waals surface area (Å²) >= 11 is 0. The topological polar surface area (TPSA) is 199 Å². The molecule has 15 heteroatoms. The molecule has 1 atom stereocenters. The Bertz CT molecular complexity index is 1830. The minimum Gasteiger partial charge on any atom is -0.461 e. The first-order chi connectivity index (χ1) is 25.9. The molecule has 2 heterocycles. The van der Waals surface area contributed by atoms with Gasteiger partial charge in [-0.1, -0.05) is 60.7 Å². The zero-order chi connectivity index (χ0) is 39.1. The van der Waals surface area contributed by atoms with Gasteiger partial charge in [-0.05, 0) is 52.0 Å². The third kappa shape index (κ3) is 12.5. The van der Waals surface area contributed by atoms with Gasteiger partial charge in [0, 0.05) is 31.6 Å². The zero-order valence-electron chi connectivity index (χ0n) is 31.1. The van der Waals surface area contributed by atoms with E-state index in [1.54, 1.807) is 45.0 Å². The fourth-order valence-corrected chi connectivity index (χ4v) is 5.35. The smallest absolute Gasteiger partial charge is 0.408 e. The standard InChI is InChI=1S/C39H48N8O7/c1-6-32(47-18-20-52-21-19-47)31(23-41-5)45-37(50)34-35(40)42-24-30(44-34)28-14-12-26(13-15-28)22-43-36(49)29(46-38(51)54-39(2,3)4)16-17-33(48)53-25-27-10-8-7-9-11-27/h6-15,23-24,29H,5,16-22,25H2,1-4H3,(H2,40,42)(H,43,49)(H,45,50)(H,46,51)/b31-23+,32-6+. The zero-order valence-corrected chi connectivity index (χ0v) is 31.1. The van der Waals surface area contributed by atoms with Crippen LogP contribution in [0.3, 0.4) is 0 Å². The number of aliphatic imine (C=N–C) groups is 1. The first-order valence-electron chi connectivity index (χ1n) is 17.5. The number of anilines is 1. The van der Waals surface area contributed by atoms with Crippen LogP contribution in [0.15, 0.2) is 89.5 Å². The molecule has 0 spiro atoms. The Morgan fingerprint density at radius 1 is 1.06 bits per heavy atom. The van der Waals surface area contributed by atoms with Gasteiger partial charge in [-0.25, -0.2) is 14.8 Å². The van der Waals surface area contributed by atoms with Crippen LogP contribution in [-0.2, 0) is 37.0 Å². The average molecular weight is 741 g/mol. The normalized spacial score (nSPS) is 14.0. The second-order valence-electron chi connectivity index (χ2n) is 13.2. The van der Waals surface area contributed by atoms with Crippen molar-refractivity contribution < 1.29 is 33.4 Å². The number of nitrogens with one attached hydrogen (secondary N) is 3. The molecule has 1 aliphatic heterocycles. The number of amides is 3. The lowest BCUT2D eigenvalue weighted by molar-refractivity contribution is -0.145. The van der Waals surface area contributed by atoms with Gasteiger partial charge in [0.15, 0.2) is 11.5 Å². The van der Waals surface area contributed by atoms with Crippen molar-refractivity contribution in [3.05, 3.63) is 101 Å². The molecular weight excluding hydrogens is 692 g/mol. The third-order valence-corrected chi connectivity index (χ3v) is 7.99. The van der Waals surface area contributed by atoms with E-state index in [-0.39, 0.29) is 37.5 Å². The van der Waals surface area contributed by atoms with Crippen LogP contribution in [0, 0.1) is 0 Å². The van der Waals surface area contributed by atoms with E-state index in [1.165, 1.54) is 12.4 Å². The molecule has 3 aromatic rings. The highest BCUT2D eigenvalue weighted by molar-refractivity contribution is 5.98. The number of nitrogens with two attached hydrogens (primary N) is 1. The molecule has 1 unspecified atom stereocenters. The first kappa shape index (κ1) is 40.7. The minimum absolute atomic E-state index is 0.00595. The molecule has 0 aliphatic carbocycles. The van der Waals surface area contributed by atoms with E-state index >= 15 is 0 Å². The van der Waals surface area contributed by atoms with Gasteiger partial charge in [0.25, 0.3) is 5.91 Å². The molecule has 0 radical (unpaired) electrons. The second kappa shape index (κ2) is 19.7. The Labute approximate surface area is 315 Å². The summed E-state index contributed by atoms with van der Waals surface area (Å²) in [6.07, 6.45) is 3.91. The SMILES string of the molecule is C=N/C=C(NC(=O)c1nc(-c2ccc(CNC(=O)C(CCC(=O)OCc3ccccc3)NC(=O)OC(C)(C)C)cc2)cnc1N)\C(=C/C)N1CCOCC1. The lowest BCUT2D eigenvalue weighted by Crippen LogP contribution is -2.48. The number of morpholine rings is 1. The van der Waals surface area contributed by atoms with Crippen molar-refractivity contribution in [2.75, 3.05) is 32.0 Å². The Morgan fingerprint density at radius 2 is 1.76 bits per heavy atom. The monoisotopic (exact) mass is 740 g/mol. The molecule has 1 aromatic heterocycles. The van der Waals surface area contributed by atoms with E-state index in [4.69, 9.17) is 19.9 Å². The van der Waals surface area contributed by atoms with Crippen molar-refractivity contribution in [1.82, 2.24) is 30.8 Å². The van der Waals surface area contributed by atoms with E-state index < -0.39 is 35.5 Å². The van der Waals surface area contributed by atoms with Gasteiger partial charge in [0.1, 0.15) is 18.2 Å². The summed E-state index contributed by atoms with van der Waals surface area (Å²) < 4.78 is 16.1. The maximum absolute atomic E-state index is 13.4. The highest BCUT2D eigenvalue weighted by Gasteiger charge is 2.26. The van der Waals surface area contributed by atoms with E-state index in [2.05, 4.69) is 42.5 Å². The van der Waals surface area contributed by atoms with Gasteiger partial charge >= 0.3 is 12.1 Å². The quantitative estimate of drug-likeness (QED) is 0.0986. The summed E-state index contributed by atoms with van der Waals surface area (Å²) in [5.41, 5.74) is 9.05. The first-order valence-corrected chi connectivity index (χ1v) is 17.5. The number of aromatic nitrogens is 2. The number of benzene rings is 2. The van der Waals surface area contributed by atoms with Crippen molar-refractivity contribution in [2.24, 2.45) is 4.99 Å². The predicted molar refractivity (Wildman–Crippen MR) is 204 cm³/mol. The molecule has 2 aromatic carbocycles. The Hall–Kier alpha value is -6.09. The van der Waals surface area contributed by atoms with Crippen LogP contribution in [0.1, 0.15) is 62.2 Å². The fraction of sp³-hybridized carbons (Fsp3) is 0.359. The van der Waals surface area contributed by atoms with Gasteiger partial charge in [-0.3, -0.25) is 19.4 Å². The van der Waals surface area contributed by atoms with Crippen LogP contribution in [0.4, 0.5) is 10.6 Å². The molecule has 3 amide bonds. The number of nitrogen functional groups attached to an aromatic ring is 1. The van der Waals surface area contributed by atoms with Gasteiger partial charge in [-0.15, -0.1) is 0 Å². The summed E-state index contributed by atoms with van der Waals surface area (Å²) in [5, 5.41) is 8.24. The molecule has 4 rings (SSSR count). The summed E-state index contributed by atoms with van der Waals surface area (Å²) in [7, 11) is 0. The molecule has 0 bridgehead atoms. The lowest BCUT2D eigenvalue weighted by atomic mass is 10.1. The fourth-order valence-electron chi connectivity index (χ4n) is 5.35. The Kier molecular flexibility index (Phi) is 14.8. The van der Waals surface area contributed by atoms with E-state index in [0.29, 0.717) is 43.3 Å². The second-order valence-corrected chi connectivity index (χ2v) is 13.2. The summed E-state index contributed by atoms with van der Waals surface area (Å²) in [6, 6.07) is 15.3. The lowest BCUT2D eigenvalue weighted by Gasteiger charge is -2.32. The van der Waals surface area contributed by atoms with Crippen LogP contribution < -0.4 is 21.7 Å². The van der Waals surface area contributed by atoms with Crippen LogP contribution in [-0.4, -0.2) is 83.4 Å². The number of carbonyl (C=O) groups excluding carboxylic acids is 4. The van der Waals surface area contributed by atoms with Gasteiger partial charge in [-0.2, -0.15) is 0 Å². The number of hydrogen-bond acceptors (Lipinski definition) is 12. The number of esters is 1. The van der Waals surface area contributed by atoms with Gasteiger partial charge in [0.05, 0.1) is 42.7 Å². The summed E-state index contributed by atoms with van der Waals surface area (Å²) in [5.74, 6) is -1.63. The van der Waals surface area contributed by atoms with Crippen LogP contribution in [0.5, 0.6) is 0 Å². The molecule has 15 nitrogen and oxygen atoms in total.